The molecule has 0 fully saturated rings. The molecule has 2 aromatic carbocycles. The van der Waals surface area contributed by atoms with Gasteiger partial charge in [0.1, 0.15) is 17.3 Å². The van der Waals surface area contributed by atoms with Crippen LogP contribution < -0.4 is 15.2 Å². The van der Waals surface area contributed by atoms with Crippen LogP contribution in [0, 0.1) is 24.0 Å². The molecule has 0 atom stereocenters. The lowest BCUT2D eigenvalue weighted by Crippen LogP contribution is -2.10. The third-order valence-corrected chi connectivity index (χ3v) is 3.97. The van der Waals surface area contributed by atoms with Crippen molar-refractivity contribution < 1.29 is 31.4 Å². The van der Waals surface area contributed by atoms with Gasteiger partial charge in [0, 0.05) is 11.1 Å². The number of aromatic nitrogens is 1. The van der Waals surface area contributed by atoms with Gasteiger partial charge in [-0.15, -0.1) is 0 Å². The molecule has 30 heavy (non-hydrogen) atoms. The Hall–Kier alpha value is -3.69. The van der Waals surface area contributed by atoms with Crippen LogP contribution in [-0.4, -0.2) is 10.8 Å². The molecular formula is C20H14F5N3O2. The number of hydrogen-bond donors (Lipinski definition) is 2. The average molecular weight is 423 g/mol. The molecule has 0 aliphatic heterocycles. The first-order valence-electron chi connectivity index (χ1n) is 8.39. The first kappa shape index (κ1) is 21.0. The highest BCUT2D eigenvalue weighted by atomic mass is 19.4. The number of alkyl halides is 3. The van der Waals surface area contributed by atoms with E-state index >= 15 is 0 Å². The van der Waals surface area contributed by atoms with Crippen molar-refractivity contribution in [3.63, 3.8) is 0 Å². The molecule has 0 amide bonds. The van der Waals surface area contributed by atoms with Gasteiger partial charge in [0.2, 0.25) is 0 Å². The minimum atomic E-state index is -4.62. The summed E-state index contributed by atoms with van der Waals surface area (Å²) < 4.78 is 77.9. The average Bonchev–Trinajstić information content (AvgIpc) is 2.69. The second kappa shape index (κ2) is 7.97. The van der Waals surface area contributed by atoms with Crippen LogP contribution in [0.4, 0.5) is 22.0 Å². The van der Waals surface area contributed by atoms with Crippen LogP contribution in [0.5, 0.6) is 23.3 Å². The molecule has 0 saturated heterocycles. The molecule has 0 bridgehead atoms. The minimum Gasteiger partial charge on any atom is -0.436 e. The predicted octanol–water partition coefficient (Wildman–Crippen LogP) is 5.56. The predicted molar refractivity (Wildman–Crippen MR) is 97.9 cm³/mol. The quantitative estimate of drug-likeness (QED) is 0.320. The molecule has 1 aromatic heterocycles. The van der Waals surface area contributed by atoms with Crippen molar-refractivity contribution >= 4 is 5.84 Å². The van der Waals surface area contributed by atoms with E-state index in [0.717, 1.165) is 19.1 Å². The molecule has 3 aromatic rings. The fourth-order valence-electron chi connectivity index (χ4n) is 2.43. The molecule has 3 rings (SSSR count). The van der Waals surface area contributed by atoms with Gasteiger partial charge in [-0.25, -0.2) is 8.78 Å². The molecule has 0 aliphatic carbocycles. The van der Waals surface area contributed by atoms with E-state index in [0.29, 0.717) is 11.6 Å². The summed E-state index contributed by atoms with van der Waals surface area (Å²) in [5.41, 5.74) is 4.19. The molecule has 1 heterocycles. The lowest BCUT2D eigenvalue weighted by molar-refractivity contribution is -0.137. The third kappa shape index (κ3) is 4.48. The van der Waals surface area contributed by atoms with Gasteiger partial charge in [-0.1, -0.05) is 18.2 Å². The number of pyridine rings is 1. The molecule has 156 valence electrons. The lowest BCUT2D eigenvalue weighted by atomic mass is 10.2. The summed E-state index contributed by atoms with van der Waals surface area (Å²) in [4.78, 5) is 3.63. The largest absolute Gasteiger partial charge is 0.436 e. The highest BCUT2D eigenvalue weighted by Crippen LogP contribution is 2.35. The zero-order valence-electron chi connectivity index (χ0n) is 15.3. The van der Waals surface area contributed by atoms with Gasteiger partial charge < -0.3 is 15.2 Å². The summed E-state index contributed by atoms with van der Waals surface area (Å²) in [6, 6.07) is 9.54. The van der Waals surface area contributed by atoms with Crippen LogP contribution in [0.25, 0.3) is 0 Å². The zero-order valence-corrected chi connectivity index (χ0v) is 15.3. The van der Waals surface area contributed by atoms with E-state index < -0.39 is 40.7 Å². The number of hydrogen-bond acceptors (Lipinski definition) is 4. The number of nitrogens with two attached hydrogens (primary N) is 1. The smallest absolute Gasteiger partial charge is 0.416 e. The van der Waals surface area contributed by atoms with Gasteiger partial charge in [-0.2, -0.15) is 18.2 Å². The monoisotopic (exact) mass is 423 g/mol. The summed E-state index contributed by atoms with van der Waals surface area (Å²) >= 11 is 0. The Kier molecular flexibility index (Phi) is 5.59. The van der Waals surface area contributed by atoms with E-state index in [2.05, 4.69) is 4.98 Å². The van der Waals surface area contributed by atoms with Crippen molar-refractivity contribution in [1.82, 2.24) is 4.98 Å². The number of nitrogens with zero attached hydrogens (tertiary/aromatic N) is 1. The molecular weight excluding hydrogens is 409 g/mol. The second-order valence-corrected chi connectivity index (χ2v) is 6.15. The number of nitrogens with one attached hydrogen (secondary N) is 1. The van der Waals surface area contributed by atoms with Crippen LogP contribution in [0.15, 0.2) is 48.5 Å². The normalized spacial score (nSPS) is 11.3. The van der Waals surface area contributed by atoms with Gasteiger partial charge in [0.15, 0.2) is 11.6 Å². The molecule has 0 saturated carbocycles. The molecule has 0 aliphatic rings. The van der Waals surface area contributed by atoms with Crippen LogP contribution in [0.1, 0.15) is 16.7 Å². The molecule has 0 unspecified atom stereocenters. The topological polar surface area (TPSA) is 81.2 Å². The minimum absolute atomic E-state index is 0.0603. The van der Waals surface area contributed by atoms with Crippen molar-refractivity contribution in [3.8, 4) is 23.3 Å². The molecule has 3 N–H and O–H groups in total. The molecule has 0 spiro atoms. The zero-order chi connectivity index (χ0) is 22.1. The van der Waals surface area contributed by atoms with E-state index in [-0.39, 0.29) is 17.3 Å². The number of ether oxygens (including phenoxy) is 2. The SMILES string of the molecule is Cc1c(F)c(Oc2cccc(C(=N)N)c2)nc(Oc2cccc(C(F)(F)F)c2)c1F. The fraction of sp³-hybridized carbons (Fsp3) is 0.100. The Morgan fingerprint density at radius 2 is 1.47 bits per heavy atom. The molecule has 0 radical (unpaired) electrons. The number of nitrogen functional groups attached to an aromatic ring is 1. The van der Waals surface area contributed by atoms with Crippen LogP contribution in [0.2, 0.25) is 0 Å². The van der Waals surface area contributed by atoms with Crippen LogP contribution in [0.3, 0.4) is 0 Å². The first-order chi connectivity index (χ1) is 14.1. The Morgan fingerprint density at radius 1 is 0.933 bits per heavy atom. The Balaban J connectivity index is 1.97. The lowest BCUT2D eigenvalue weighted by Gasteiger charge is -2.13. The van der Waals surface area contributed by atoms with E-state index in [1.165, 1.54) is 30.3 Å². The van der Waals surface area contributed by atoms with E-state index in [1.807, 2.05) is 0 Å². The van der Waals surface area contributed by atoms with Gasteiger partial charge >= 0.3 is 6.18 Å². The molecule has 10 heteroatoms. The number of halogens is 5. The number of amidine groups is 1. The Bertz CT molecular complexity index is 1120. The highest BCUT2D eigenvalue weighted by Gasteiger charge is 2.31. The summed E-state index contributed by atoms with van der Waals surface area (Å²) in [5, 5.41) is 7.42. The van der Waals surface area contributed by atoms with Crippen molar-refractivity contribution in [3.05, 3.63) is 76.9 Å². The fourth-order valence-corrected chi connectivity index (χ4v) is 2.43. The van der Waals surface area contributed by atoms with Gasteiger partial charge in [0.25, 0.3) is 11.8 Å². The Labute approximate surface area is 167 Å². The molecule has 5 nitrogen and oxygen atoms in total. The van der Waals surface area contributed by atoms with Gasteiger partial charge in [0.05, 0.1) is 5.56 Å². The van der Waals surface area contributed by atoms with Crippen molar-refractivity contribution in [2.24, 2.45) is 5.73 Å². The van der Waals surface area contributed by atoms with E-state index in [9.17, 15) is 22.0 Å². The summed E-state index contributed by atoms with van der Waals surface area (Å²) in [7, 11) is 0. The summed E-state index contributed by atoms with van der Waals surface area (Å²) in [6.07, 6.45) is -4.62. The van der Waals surface area contributed by atoms with E-state index in [4.69, 9.17) is 20.6 Å². The summed E-state index contributed by atoms with van der Waals surface area (Å²) in [5.74, 6) is -4.25. The van der Waals surface area contributed by atoms with E-state index in [1.54, 1.807) is 0 Å². The first-order valence-corrected chi connectivity index (χ1v) is 8.39. The Morgan fingerprint density at radius 3 is 2.00 bits per heavy atom. The standard InChI is InChI=1S/C20H14F5N3O2/c1-10-15(21)18(29-13-6-2-4-11(8-13)17(26)27)28-19(16(10)22)30-14-7-3-5-12(9-14)20(23,24)25/h2-9H,1H3,(H3,26,27). The van der Waals surface area contributed by atoms with Gasteiger partial charge in [-0.3, -0.25) is 5.41 Å². The number of rotatable bonds is 5. The van der Waals surface area contributed by atoms with Gasteiger partial charge in [-0.05, 0) is 37.3 Å². The second-order valence-electron chi connectivity index (χ2n) is 6.15. The summed E-state index contributed by atoms with van der Waals surface area (Å²) in [6.45, 7) is 1.10. The van der Waals surface area contributed by atoms with Crippen LogP contribution >= 0.6 is 0 Å². The third-order valence-electron chi connectivity index (χ3n) is 3.97. The maximum absolute atomic E-state index is 14.4. The maximum Gasteiger partial charge on any atom is 0.416 e. The maximum atomic E-state index is 14.4. The van der Waals surface area contributed by atoms with Crippen molar-refractivity contribution in [2.75, 3.05) is 0 Å². The number of benzene rings is 2. The van der Waals surface area contributed by atoms with Crippen molar-refractivity contribution in [2.45, 2.75) is 13.1 Å². The highest BCUT2D eigenvalue weighted by molar-refractivity contribution is 5.95. The van der Waals surface area contributed by atoms with Crippen molar-refractivity contribution in [1.29, 1.82) is 5.41 Å². The van der Waals surface area contributed by atoms with Crippen LogP contribution in [-0.2, 0) is 6.18 Å².